The van der Waals surface area contributed by atoms with Gasteiger partial charge in [-0.15, -0.1) is 0 Å². The minimum absolute atomic E-state index is 0.108. The number of nitrogens with one attached hydrogen (secondary N) is 1. The lowest BCUT2D eigenvalue weighted by atomic mass is 10.1. The standard InChI is InChI=1S/C9H13N5O2/c1-9(2-3-9)4-11-8-6(14(15)16)7(10)12-5-13-8/h5H,2-4H2,1H3,(H3,10,11,12,13). The summed E-state index contributed by atoms with van der Waals surface area (Å²) in [7, 11) is 0. The van der Waals surface area contributed by atoms with Gasteiger partial charge in [-0.1, -0.05) is 6.92 Å². The predicted molar refractivity (Wildman–Crippen MR) is 58.9 cm³/mol. The van der Waals surface area contributed by atoms with Gasteiger partial charge in [0.25, 0.3) is 0 Å². The number of anilines is 2. The molecule has 1 aliphatic rings. The Balaban J connectivity index is 2.19. The van der Waals surface area contributed by atoms with Gasteiger partial charge in [0.05, 0.1) is 4.92 Å². The third-order valence-electron chi connectivity index (χ3n) is 2.82. The summed E-state index contributed by atoms with van der Waals surface area (Å²) in [6.45, 7) is 2.79. The highest BCUT2D eigenvalue weighted by Crippen LogP contribution is 2.45. The Hall–Kier alpha value is -1.92. The van der Waals surface area contributed by atoms with Gasteiger partial charge in [0, 0.05) is 6.54 Å². The first kappa shape index (κ1) is 10.6. The number of nitrogens with zero attached hydrogens (tertiary/aromatic N) is 3. The minimum Gasteiger partial charge on any atom is -0.378 e. The smallest absolute Gasteiger partial charge is 0.352 e. The monoisotopic (exact) mass is 223 g/mol. The van der Waals surface area contributed by atoms with E-state index in [0.717, 1.165) is 12.8 Å². The molecule has 0 amide bonds. The molecule has 0 bridgehead atoms. The summed E-state index contributed by atoms with van der Waals surface area (Å²) in [5.74, 6) is 0.0917. The summed E-state index contributed by atoms with van der Waals surface area (Å²) in [6, 6.07) is 0. The van der Waals surface area contributed by atoms with Crippen LogP contribution < -0.4 is 11.1 Å². The molecule has 0 saturated heterocycles. The normalized spacial score (nSPS) is 16.8. The fourth-order valence-electron chi connectivity index (χ4n) is 1.39. The minimum atomic E-state index is -0.563. The first-order valence-electron chi connectivity index (χ1n) is 5.01. The summed E-state index contributed by atoms with van der Waals surface area (Å²) < 4.78 is 0. The molecular formula is C9H13N5O2. The second kappa shape index (κ2) is 3.58. The highest BCUT2D eigenvalue weighted by atomic mass is 16.6. The van der Waals surface area contributed by atoms with Crippen LogP contribution in [0.25, 0.3) is 0 Å². The van der Waals surface area contributed by atoms with E-state index >= 15 is 0 Å². The molecule has 1 saturated carbocycles. The van der Waals surface area contributed by atoms with Gasteiger partial charge in [0.2, 0.25) is 11.6 Å². The van der Waals surface area contributed by atoms with Gasteiger partial charge in [-0.25, -0.2) is 9.97 Å². The molecule has 0 aliphatic heterocycles. The molecule has 1 heterocycles. The molecule has 0 unspecified atom stereocenters. The maximum Gasteiger partial charge on any atom is 0.352 e. The summed E-state index contributed by atoms with van der Waals surface area (Å²) in [6.07, 6.45) is 3.49. The van der Waals surface area contributed by atoms with Crippen molar-refractivity contribution in [1.82, 2.24) is 9.97 Å². The van der Waals surface area contributed by atoms with Gasteiger partial charge in [-0.05, 0) is 18.3 Å². The molecule has 3 N–H and O–H groups in total. The van der Waals surface area contributed by atoms with Crippen LogP contribution in [0.4, 0.5) is 17.3 Å². The number of nitro groups is 1. The molecule has 1 fully saturated rings. The Bertz CT molecular complexity index is 430. The lowest BCUT2D eigenvalue weighted by molar-refractivity contribution is -0.383. The van der Waals surface area contributed by atoms with Crippen molar-refractivity contribution in [2.75, 3.05) is 17.6 Å². The molecule has 1 aromatic heterocycles. The molecule has 1 aromatic rings. The van der Waals surface area contributed by atoms with E-state index in [1.165, 1.54) is 6.33 Å². The van der Waals surface area contributed by atoms with Crippen molar-refractivity contribution < 1.29 is 4.92 Å². The van der Waals surface area contributed by atoms with E-state index in [1.807, 2.05) is 0 Å². The molecule has 0 spiro atoms. The Morgan fingerprint density at radius 1 is 1.62 bits per heavy atom. The molecule has 0 aromatic carbocycles. The fraction of sp³-hybridized carbons (Fsp3) is 0.556. The van der Waals surface area contributed by atoms with Gasteiger partial charge < -0.3 is 11.1 Å². The summed E-state index contributed by atoms with van der Waals surface area (Å²) >= 11 is 0. The van der Waals surface area contributed by atoms with Crippen molar-refractivity contribution in [3.8, 4) is 0 Å². The van der Waals surface area contributed by atoms with Crippen molar-refractivity contribution in [2.45, 2.75) is 19.8 Å². The van der Waals surface area contributed by atoms with Crippen LogP contribution in [0, 0.1) is 15.5 Å². The molecule has 2 rings (SSSR count). The number of aromatic nitrogens is 2. The van der Waals surface area contributed by atoms with Gasteiger partial charge in [-0.3, -0.25) is 10.1 Å². The number of hydrogen-bond acceptors (Lipinski definition) is 6. The third-order valence-corrected chi connectivity index (χ3v) is 2.82. The number of rotatable bonds is 4. The van der Waals surface area contributed by atoms with Gasteiger partial charge in [0.15, 0.2) is 0 Å². The van der Waals surface area contributed by atoms with Gasteiger partial charge >= 0.3 is 5.69 Å². The molecular weight excluding hydrogens is 210 g/mol. The SMILES string of the molecule is CC1(CNc2ncnc(N)c2[N+](=O)[O-])CC1. The van der Waals surface area contributed by atoms with Crippen LogP contribution in [0.2, 0.25) is 0 Å². The van der Waals surface area contributed by atoms with E-state index in [0.29, 0.717) is 6.54 Å². The average Bonchev–Trinajstić information content (AvgIpc) is 2.94. The van der Waals surface area contributed by atoms with E-state index in [1.54, 1.807) is 0 Å². The third kappa shape index (κ3) is 2.02. The maximum atomic E-state index is 10.8. The van der Waals surface area contributed by atoms with Crippen molar-refractivity contribution in [3.63, 3.8) is 0 Å². The van der Waals surface area contributed by atoms with Crippen LogP contribution in [-0.4, -0.2) is 21.4 Å². The van der Waals surface area contributed by atoms with Crippen molar-refractivity contribution in [1.29, 1.82) is 0 Å². The quantitative estimate of drug-likeness (QED) is 0.586. The zero-order chi connectivity index (χ0) is 11.8. The van der Waals surface area contributed by atoms with Crippen LogP contribution in [0.1, 0.15) is 19.8 Å². The number of nitrogen functional groups attached to an aromatic ring is 1. The molecule has 0 radical (unpaired) electrons. The highest BCUT2D eigenvalue weighted by molar-refractivity contribution is 5.67. The van der Waals surface area contributed by atoms with E-state index in [4.69, 9.17) is 5.73 Å². The lowest BCUT2D eigenvalue weighted by Crippen LogP contribution is -2.15. The molecule has 0 atom stereocenters. The van der Waals surface area contributed by atoms with Crippen LogP contribution in [0.15, 0.2) is 6.33 Å². The predicted octanol–water partition coefficient (Wildman–Crippen LogP) is 1.18. The summed E-state index contributed by atoms with van der Waals surface area (Å²) in [5.41, 5.74) is 5.44. The Morgan fingerprint density at radius 3 is 2.88 bits per heavy atom. The summed E-state index contributed by atoms with van der Waals surface area (Å²) in [5, 5.41) is 13.8. The Labute approximate surface area is 92.2 Å². The van der Waals surface area contributed by atoms with E-state index in [2.05, 4.69) is 22.2 Å². The second-order valence-corrected chi connectivity index (χ2v) is 4.38. The van der Waals surface area contributed by atoms with Crippen molar-refractivity contribution in [2.24, 2.45) is 5.41 Å². The van der Waals surface area contributed by atoms with Crippen LogP contribution in [0.3, 0.4) is 0 Å². The van der Waals surface area contributed by atoms with Gasteiger partial charge in [0.1, 0.15) is 6.33 Å². The topological polar surface area (TPSA) is 107 Å². The van der Waals surface area contributed by atoms with Crippen LogP contribution in [0.5, 0.6) is 0 Å². The first-order chi connectivity index (χ1) is 7.52. The number of nitrogens with two attached hydrogens (primary N) is 1. The molecule has 16 heavy (non-hydrogen) atoms. The molecule has 86 valence electrons. The zero-order valence-electron chi connectivity index (χ0n) is 8.93. The molecule has 7 nitrogen and oxygen atoms in total. The van der Waals surface area contributed by atoms with Crippen LogP contribution in [-0.2, 0) is 0 Å². The number of hydrogen-bond donors (Lipinski definition) is 2. The second-order valence-electron chi connectivity index (χ2n) is 4.38. The van der Waals surface area contributed by atoms with Crippen molar-refractivity contribution >= 4 is 17.3 Å². The van der Waals surface area contributed by atoms with Gasteiger partial charge in [-0.2, -0.15) is 0 Å². The van der Waals surface area contributed by atoms with E-state index < -0.39 is 4.92 Å². The highest BCUT2D eigenvalue weighted by Gasteiger charge is 2.37. The maximum absolute atomic E-state index is 10.8. The molecule has 7 heteroatoms. The van der Waals surface area contributed by atoms with E-state index in [-0.39, 0.29) is 22.7 Å². The average molecular weight is 223 g/mol. The zero-order valence-corrected chi connectivity index (χ0v) is 8.93. The fourth-order valence-corrected chi connectivity index (χ4v) is 1.39. The summed E-state index contributed by atoms with van der Waals surface area (Å²) in [4.78, 5) is 17.7. The Morgan fingerprint density at radius 2 is 2.31 bits per heavy atom. The Kier molecular flexibility index (Phi) is 2.37. The lowest BCUT2D eigenvalue weighted by Gasteiger charge is -2.10. The van der Waals surface area contributed by atoms with Crippen molar-refractivity contribution in [3.05, 3.63) is 16.4 Å². The van der Waals surface area contributed by atoms with E-state index in [9.17, 15) is 10.1 Å². The van der Waals surface area contributed by atoms with Crippen LogP contribution >= 0.6 is 0 Å². The molecule has 1 aliphatic carbocycles. The first-order valence-corrected chi connectivity index (χ1v) is 5.01. The largest absolute Gasteiger partial charge is 0.378 e.